The Labute approximate surface area is 122 Å². The first-order valence-electron chi connectivity index (χ1n) is 6.00. The molecule has 2 aromatic rings. The normalized spacial score (nSPS) is 11.8. The van der Waals surface area contributed by atoms with E-state index in [9.17, 15) is 0 Å². The molecule has 102 valence electrons. The van der Waals surface area contributed by atoms with Gasteiger partial charge in [-0.25, -0.2) is 4.98 Å². The summed E-state index contributed by atoms with van der Waals surface area (Å²) in [4.78, 5) is 4.42. The Kier molecular flexibility index (Phi) is 4.19. The molecule has 1 N–H and O–H groups in total. The van der Waals surface area contributed by atoms with Crippen molar-refractivity contribution < 1.29 is 4.42 Å². The largest absolute Gasteiger partial charge is 0.444 e. The molecule has 0 radical (unpaired) electrons. The minimum atomic E-state index is 0.0387. The van der Waals surface area contributed by atoms with E-state index >= 15 is 0 Å². The van der Waals surface area contributed by atoms with Crippen LogP contribution in [0.2, 0.25) is 10.0 Å². The predicted molar refractivity (Wildman–Crippen MR) is 78.6 cm³/mol. The fraction of sp³-hybridized carbons (Fsp3) is 0.357. The third-order valence-electron chi connectivity index (χ3n) is 2.51. The van der Waals surface area contributed by atoms with Crippen LogP contribution in [0.3, 0.4) is 0 Å². The number of nitrogens with one attached hydrogen (secondary N) is 1. The summed E-state index contributed by atoms with van der Waals surface area (Å²) >= 11 is 12.0. The molecule has 0 atom stereocenters. The maximum absolute atomic E-state index is 6.12. The number of benzene rings is 1. The lowest BCUT2D eigenvalue weighted by atomic mass is 10.1. The van der Waals surface area contributed by atoms with Gasteiger partial charge in [0.25, 0.3) is 0 Å². The summed E-state index contributed by atoms with van der Waals surface area (Å²) in [7, 11) is 0. The lowest BCUT2D eigenvalue weighted by Gasteiger charge is -2.19. The van der Waals surface area contributed by atoms with Crippen LogP contribution in [0.15, 0.2) is 28.9 Å². The quantitative estimate of drug-likeness (QED) is 0.904. The number of oxazole rings is 1. The molecule has 0 aliphatic rings. The summed E-state index contributed by atoms with van der Waals surface area (Å²) in [6.07, 6.45) is 1.64. The number of aromatic nitrogens is 1. The zero-order chi connectivity index (χ0) is 14.0. The number of halogens is 2. The van der Waals surface area contributed by atoms with Crippen LogP contribution in [0, 0.1) is 0 Å². The van der Waals surface area contributed by atoms with E-state index in [-0.39, 0.29) is 5.54 Å². The molecule has 0 aliphatic carbocycles. The summed E-state index contributed by atoms with van der Waals surface area (Å²) in [6.45, 7) is 6.95. The second-order valence-corrected chi connectivity index (χ2v) is 6.22. The fourth-order valence-electron chi connectivity index (χ4n) is 1.53. The van der Waals surface area contributed by atoms with E-state index in [4.69, 9.17) is 27.6 Å². The van der Waals surface area contributed by atoms with Gasteiger partial charge in [-0.1, -0.05) is 23.2 Å². The standard InChI is InChI=1S/C14H16Cl2N2O/c1-14(2,3)17-7-10-8-19-13(18-10)11-5-4-9(15)6-12(11)16/h4-6,8,17H,7H2,1-3H3. The molecule has 1 heterocycles. The Morgan fingerprint density at radius 2 is 2.00 bits per heavy atom. The maximum atomic E-state index is 6.12. The van der Waals surface area contributed by atoms with Gasteiger partial charge in [0.05, 0.1) is 16.3 Å². The minimum Gasteiger partial charge on any atom is -0.444 e. The Morgan fingerprint density at radius 1 is 1.26 bits per heavy atom. The second-order valence-electron chi connectivity index (χ2n) is 5.37. The lowest BCUT2D eigenvalue weighted by molar-refractivity contribution is 0.421. The van der Waals surface area contributed by atoms with Crippen molar-refractivity contribution in [2.24, 2.45) is 0 Å². The van der Waals surface area contributed by atoms with E-state index in [2.05, 4.69) is 31.1 Å². The van der Waals surface area contributed by atoms with Crippen LogP contribution in [-0.4, -0.2) is 10.5 Å². The summed E-state index contributed by atoms with van der Waals surface area (Å²) in [6, 6.07) is 5.24. The van der Waals surface area contributed by atoms with Crippen LogP contribution in [0.4, 0.5) is 0 Å². The van der Waals surface area contributed by atoms with Gasteiger partial charge >= 0.3 is 0 Å². The average Bonchev–Trinajstić information content (AvgIpc) is 2.74. The monoisotopic (exact) mass is 298 g/mol. The first-order chi connectivity index (χ1) is 8.85. The van der Waals surface area contributed by atoms with Crippen molar-refractivity contribution in [1.82, 2.24) is 10.3 Å². The van der Waals surface area contributed by atoms with Gasteiger partial charge in [0, 0.05) is 17.1 Å². The van der Waals surface area contributed by atoms with Gasteiger partial charge in [-0.2, -0.15) is 0 Å². The van der Waals surface area contributed by atoms with Gasteiger partial charge in [-0.15, -0.1) is 0 Å². The molecule has 0 fully saturated rings. The molecule has 0 unspecified atom stereocenters. The molecule has 1 aromatic heterocycles. The summed E-state index contributed by atoms with van der Waals surface area (Å²) < 4.78 is 5.46. The Hall–Kier alpha value is -1.03. The van der Waals surface area contributed by atoms with Crippen LogP contribution in [0.5, 0.6) is 0 Å². The lowest BCUT2D eigenvalue weighted by Crippen LogP contribution is -2.35. The van der Waals surface area contributed by atoms with Gasteiger partial charge in [-0.3, -0.25) is 0 Å². The van der Waals surface area contributed by atoms with Crippen LogP contribution in [0.1, 0.15) is 26.5 Å². The zero-order valence-corrected chi connectivity index (χ0v) is 12.6. The molecule has 0 aliphatic heterocycles. The van der Waals surface area contributed by atoms with Gasteiger partial charge < -0.3 is 9.73 Å². The molecule has 19 heavy (non-hydrogen) atoms. The molecule has 0 bridgehead atoms. The van der Waals surface area contributed by atoms with Gasteiger partial charge in [0.2, 0.25) is 5.89 Å². The summed E-state index contributed by atoms with van der Waals surface area (Å²) in [5.74, 6) is 0.507. The van der Waals surface area contributed by atoms with E-state index in [0.29, 0.717) is 22.5 Å². The van der Waals surface area contributed by atoms with Crippen molar-refractivity contribution in [3.8, 4) is 11.5 Å². The molecule has 0 saturated heterocycles. The minimum absolute atomic E-state index is 0.0387. The topological polar surface area (TPSA) is 38.1 Å². The van der Waals surface area contributed by atoms with Crippen LogP contribution in [-0.2, 0) is 6.54 Å². The van der Waals surface area contributed by atoms with Gasteiger partial charge in [0.15, 0.2) is 0 Å². The molecule has 3 nitrogen and oxygen atoms in total. The predicted octanol–water partition coefficient (Wildman–Crippen LogP) is 4.54. The highest BCUT2D eigenvalue weighted by molar-refractivity contribution is 6.36. The number of hydrogen-bond donors (Lipinski definition) is 1. The molecular weight excluding hydrogens is 283 g/mol. The van der Waals surface area contributed by atoms with Crippen molar-refractivity contribution in [1.29, 1.82) is 0 Å². The fourth-order valence-corrected chi connectivity index (χ4v) is 2.02. The zero-order valence-electron chi connectivity index (χ0n) is 11.1. The van der Waals surface area contributed by atoms with Crippen molar-refractivity contribution in [2.45, 2.75) is 32.9 Å². The molecule has 0 amide bonds. The third kappa shape index (κ3) is 3.96. The van der Waals surface area contributed by atoms with Gasteiger partial charge in [0.1, 0.15) is 6.26 Å². The van der Waals surface area contributed by atoms with E-state index < -0.39 is 0 Å². The summed E-state index contributed by atoms with van der Waals surface area (Å²) in [5, 5.41) is 4.47. The average molecular weight is 299 g/mol. The first-order valence-corrected chi connectivity index (χ1v) is 6.75. The Bertz CT molecular complexity index is 573. The number of nitrogens with zero attached hydrogens (tertiary/aromatic N) is 1. The van der Waals surface area contributed by atoms with E-state index in [1.807, 2.05) is 0 Å². The van der Waals surface area contributed by atoms with E-state index in [1.54, 1.807) is 24.5 Å². The van der Waals surface area contributed by atoms with Crippen molar-refractivity contribution in [3.63, 3.8) is 0 Å². The second kappa shape index (κ2) is 5.53. The Morgan fingerprint density at radius 3 is 2.63 bits per heavy atom. The molecule has 0 spiro atoms. The van der Waals surface area contributed by atoms with Crippen molar-refractivity contribution in [2.75, 3.05) is 0 Å². The Balaban J connectivity index is 2.16. The number of hydrogen-bond acceptors (Lipinski definition) is 3. The summed E-state index contributed by atoms with van der Waals surface area (Å²) in [5.41, 5.74) is 1.63. The van der Waals surface area contributed by atoms with Crippen molar-refractivity contribution in [3.05, 3.63) is 40.2 Å². The van der Waals surface area contributed by atoms with Crippen LogP contribution < -0.4 is 5.32 Å². The molecule has 0 saturated carbocycles. The van der Waals surface area contributed by atoms with Crippen molar-refractivity contribution >= 4 is 23.2 Å². The SMILES string of the molecule is CC(C)(C)NCc1coc(-c2ccc(Cl)cc2Cl)n1. The van der Waals surface area contributed by atoms with Gasteiger partial charge in [-0.05, 0) is 39.0 Å². The third-order valence-corrected chi connectivity index (χ3v) is 3.06. The smallest absolute Gasteiger partial charge is 0.227 e. The number of rotatable bonds is 3. The molecule has 1 aromatic carbocycles. The highest BCUT2D eigenvalue weighted by atomic mass is 35.5. The van der Waals surface area contributed by atoms with E-state index in [0.717, 1.165) is 11.3 Å². The van der Waals surface area contributed by atoms with Crippen LogP contribution >= 0.6 is 23.2 Å². The maximum Gasteiger partial charge on any atom is 0.227 e. The van der Waals surface area contributed by atoms with E-state index in [1.165, 1.54) is 0 Å². The molecule has 5 heteroatoms. The van der Waals surface area contributed by atoms with Crippen LogP contribution in [0.25, 0.3) is 11.5 Å². The highest BCUT2D eigenvalue weighted by Gasteiger charge is 2.13. The molecule has 2 rings (SSSR count). The first kappa shape index (κ1) is 14.4. The molecular formula is C14H16Cl2N2O. The highest BCUT2D eigenvalue weighted by Crippen LogP contribution is 2.29.